The van der Waals surface area contributed by atoms with Crippen LogP contribution in [-0.2, 0) is 4.74 Å². The molecule has 1 fully saturated rings. The van der Waals surface area contributed by atoms with Crippen molar-refractivity contribution >= 4 is 5.84 Å². The van der Waals surface area contributed by atoms with Crippen LogP contribution in [0.25, 0.3) is 0 Å². The van der Waals surface area contributed by atoms with Crippen LogP contribution in [0.1, 0.15) is 5.56 Å². The molecule has 3 nitrogen and oxygen atoms in total. The van der Waals surface area contributed by atoms with Crippen molar-refractivity contribution in [2.24, 2.45) is 0 Å². The van der Waals surface area contributed by atoms with Crippen molar-refractivity contribution < 1.29 is 13.5 Å². The topological polar surface area (TPSA) is 36.3 Å². The minimum atomic E-state index is -0.921. The normalized spacial score (nSPS) is 16.2. The van der Waals surface area contributed by atoms with Crippen molar-refractivity contribution in [2.75, 3.05) is 26.3 Å². The van der Waals surface area contributed by atoms with Crippen molar-refractivity contribution in [3.8, 4) is 0 Å². The highest BCUT2D eigenvalue weighted by atomic mass is 19.2. The predicted octanol–water partition coefficient (Wildman–Crippen LogP) is 1.62. The Bertz CT molecular complexity index is 403. The molecule has 5 heteroatoms. The average Bonchev–Trinajstić information content (AvgIpc) is 2.33. The fourth-order valence-electron chi connectivity index (χ4n) is 1.61. The van der Waals surface area contributed by atoms with E-state index in [1.54, 1.807) is 4.90 Å². The highest BCUT2D eigenvalue weighted by Gasteiger charge is 2.16. The summed E-state index contributed by atoms with van der Waals surface area (Å²) in [4.78, 5) is 1.79. The Balaban J connectivity index is 2.16. The van der Waals surface area contributed by atoms with Gasteiger partial charge in [-0.05, 0) is 18.2 Å². The van der Waals surface area contributed by atoms with Gasteiger partial charge in [-0.25, -0.2) is 8.78 Å². The summed E-state index contributed by atoms with van der Waals surface area (Å²) in [6, 6.07) is 3.50. The Labute approximate surface area is 92.1 Å². The molecule has 0 atom stereocenters. The van der Waals surface area contributed by atoms with Crippen LogP contribution in [0.15, 0.2) is 18.2 Å². The molecule has 0 saturated carbocycles. The smallest absolute Gasteiger partial charge is 0.159 e. The van der Waals surface area contributed by atoms with Crippen molar-refractivity contribution in [1.29, 1.82) is 5.41 Å². The van der Waals surface area contributed by atoms with Gasteiger partial charge < -0.3 is 9.64 Å². The second-order valence-corrected chi connectivity index (χ2v) is 3.58. The maximum absolute atomic E-state index is 13.0. The molecule has 0 aliphatic carbocycles. The first kappa shape index (κ1) is 11.0. The maximum atomic E-state index is 13.0. The number of hydrogen-bond acceptors (Lipinski definition) is 2. The number of nitrogens with one attached hydrogen (secondary N) is 1. The van der Waals surface area contributed by atoms with Crippen LogP contribution in [-0.4, -0.2) is 37.0 Å². The van der Waals surface area contributed by atoms with Gasteiger partial charge in [-0.15, -0.1) is 0 Å². The molecule has 1 aliphatic heterocycles. The van der Waals surface area contributed by atoms with Crippen molar-refractivity contribution in [3.63, 3.8) is 0 Å². The molecule has 1 heterocycles. The summed E-state index contributed by atoms with van der Waals surface area (Å²) in [6.45, 7) is 2.34. The average molecular weight is 226 g/mol. The van der Waals surface area contributed by atoms with E-state index in [0.717, 1.165) is 12.1 Å². The molecule has 1 N–H and O–H groups in total. The van der Waals surface area contributed by atoms with Gasteiger partial charge in [-0.3, -0.25) is 5.41 Å². The van der Waals surface area contributed by atoms with Gasteiger partial charge in [0.15, 0.2) is 11.6 Å². The molecule has 1 aromatic rings. The number of nitrogens with zero attached hydrogens (tertiary/aromatic N) is 1. The van der Waals surface area contributed by atoms with Gasteiger partial charge in [0, 0.05) is 18.7 Å². The van der Waals surface area contributed by atoms with Gasteiger partial charge in [0.2, 0.25) is 0 Å². The minimum Gasteiger partial charge on any atom is -0.378 e. The first-order valence-electron chi connectivity index (χ1n) is 5.05. The molecular weight excluding hydrogens is 214 g/mol. The van der Waals surface area contributed by atoms with Crippen LogP contribution in [0.3, 0.4) is 0 Å². The maximum Gasteiger partial charge on any atom is 0.159 e. The molecular formula is C11H12F2N2O. The Kier molecular flexibility index (Phi) is 3.14. The molecule has 1 aliphatic rings. The molecule has 86 valence electrons. The molecule has 0 radical (unpaired) electrons. The Hall–Kier alpha value is -1.49. The van der Waals surface area contributed by atoms with E-state index in [1.807, 2.05) is 0 Å². The van der Waals surface area contributed by atoms with E-state index in [9.17, 15) is 8.78 Å². The van der Waals surface area contributed by atoms with Crippen LogP contribution >= 0.6 is 0 Å². The summed E-state index contributed by atoms with van der Waals surface area (Å²) in [5.41, 5.74) is 0.390. The van der Waals surface area contributed by atoms with Crippen LogP contribution in [0, 0.1) is 17.0 Å². The van der Waals surface area contributed by atoms with Gasteiger partial charge >= 0.3 is 0 Å². The molecule has 0 aromatic heterocycles. The summed E-state index contributed by atoms with van der Waals surface area (Å²) in [7, 11) is 0. The van der Waals surface area contributed by atoms with Crippen LogP contribution in [0.2, 0.25) is 0 Å². The molecule has 0 amide bonds. The molecule has 1 saturated heterocycles. The Morgan fingerprint density at radius 1 is 1.19 bits per heavy atom. The van der Waals surface area contributed by atoms with Crippen molar-refractivity contribution in [1.82, 2.24) is 4.90 Å². The van der Waals surface area contributed by atoms with Crippen molar-refractivity contribution in [2.45, 2.75) is 0 Å². The first-order chi connectivity index (χ1) is 7.68. The van der Waals surface area contributed by atoms with Gasteiger partial charge in [0.25, 0.3) is 0 Å². The van der Waals surface area contributed by atoms with Gasteiger partial charge in [0.05, 0.1) is 13.2 Å². The fraction of sp³-hybridized carbons (Fsp3) is 0.364. The highest BCUT2D eigenvalue weighted by molar-refractivity contribution is 5.96. The number of ether oxygens (including phenoxy) is 1. The van der Waals surface area contributed by atoms with E-state index in [2.05, 4.69) is 0 Å². The summed E-state index contributed by atoms with van der Waals surface area (Å²) in [6.07, 6.45) is 0. The van der Waals surface area contributed by atoms with E-state index < -0.39 is 11.6 Å². The Morgan fingerprint density at radius 2 is 1.88 bits per heavy atom. The number of hydrogen-bond donors (Lipinski definition) is 1. The molecule has 2 rings (SSSR count). The zero-order valence-electron chi connectivity index (χ0n) is 8.67. The monoisotopic (exact) mass is 226 g/mol. The number of benzene rings is 1. The zero-order chi connectivity index (χ0) is 11.5. The summed E-state index contributed by atoms with van der Waals surface area (Å²) in [5.74, 6) is -1.60. The highest BCUT2D eigenvalue weighted by Crippen LogP contribution is 2.12. The Morgan fingerprint density at radius 3 is 2.50 bits per heavy atom. The lowest BCUT2D eigenvalue weighted by molar-refractivity contribution is 0.0680. The minimum absolute atomic E-state index is 0.210. The zero-order valence-corrected chi connectivity index (χ0v) is 8.67. The predicted molar refractivity (Wildman–Crippen MR) is 55.6 cm³/mol. The van der Waals surface area contributed by atoms with Crippen molar-refractivity contribution in [3.05, 3.63) is 35.4 Å². The third-order valence-electron chi connectivity index (χ3n) is 2.52. The number of morpholine rings is 1. The molecule has 16 heavy (non-hydrogen) atoms. The summed E-state index contributed by atoms with van der Waals surface area (Å²) in [5, 5.41) is 7.87. The SMILES string of the molecule is N=C(c1ccc(F)c(F)c1)N1CCOCC1. The summed E-state index contributed by atoms with van der Waals surface area (Å²) >= 11 is 0. The largest absolute Gasteiger partial charge is 0.378 e. The quantitative estimate of drug-likeness (QED) is 0.583. The lowest BCUT2D eigenvalue weighted by atomic mass is 10.1. The number of rotatable bonds is 1. The van der Waals surface area contributed by atoms with E-state index >= 15 is 0 Å². The molecule has 0 unspecified atom stereocenters. The fourth-order valence-corrected chi connectivity index (χ4v) is 1.61. The lowest BCUT2D eigenvalue weighted by Crippen LogP contribution is -2.40. The van der Waals surface area contributed by atoms with E-state index in [4.69, 9.17) is 10.1 Å². The van der Waals surface area contributed by atoms with Gasteiger partial charge in [0.1, 0.15) is 5.84 Å². The molecule has 1 aromatic carbocycles. The summed E-state index contributed by atoms with van der Waals surface area (Å²) < 4.78 is 30.9. The second kappa shape index (κ2) is 4.57. The lowest BCUT2D eigenvalue weighted by Gasteiger charge is -2.29. The van der Waals surface area contributed by atoms with E-state index in [1.165, 1.54) is 6.07 Å². The number of halogens is 2. The van der Waals surface area contributed by atoms with Gasteiger partial charge in [-0.1, -0.05) is 0 Å². The second-order valence-electron chi connectivity index (χ2n) is 3.58. The van der Waals surface area contributed by atoms with Crippen LogP contribution < -0.4 is 0 Å². The number of amidine groups is 1. The van der Waals surface area contributed by atoms with E-state index in [0.29, 0.717) is 31.9 Å². The van der Waals surface area contributed by atoms with E-state index in [-0.39, 0.29) is 5.84 Å². The third-order valence-corrected chi connectivity index (χ3v) is 2.52. The third kappa shape index (κ3) is 2.19. The molecule has 0 bridgehead atoms. The molecule has 0 spiro atoms. The van der Waals surface area contributed by atoms with Gasteiger partial charge in [-0.2, -0.15) is 0 Å². The van der Waals surface area contributed by atoms with Crippen LogP contribution in [0.5, 0.6) is 0 Å². The first-order valence-corrected chi connectivity index (χ1v) is 5.05. The standard InChI is InChI=1S/C11H12F2N2O/c12-9-2-1-8(7-10(9)13)11(14)15-3-5-16-6-4-15/h1-2,7,14H,3-6H2. The van der Waals surface area contributed by atoms with Crippen LogP contribution in [0.4, 0.5) is 8.78 Å².